The van der Waals surface area contributed by atoms with Crippen molar-refractivity contribution >= 4 is 34.1 Å². The monoisotopic (exact) mass is 706 g/mol. The highest BCUT2D eigenvalue weighted by atomic mass is 15.2. The van der Waals surface area contributed by atoms with Crippen molar-refractivity contribution in [3.63, 3.8) is 0 Å². The van der Waals surface area contributed by atoms with E-state index in [1.165, 1.54) is 67.3 Å². The van der Waals surface area contributed by atoms with Gasteiger partial charge in [-0.1, -0.05) is 146 Å². The lowest BCUT2D eigenvalue weighted by molar-refractivity contribution is 0.508. The van der Waals surface area contributed by atoms with E-state index in [1.807, 2.05) is 0 Å². The maximum absolute atomic E-state index is 2.50. The Morgan fingerprint density at radius 3 is 1.00 bits per heavy atom. The summed E-state index contributed by atoms with van der Waals surface area (Å²) < 4.78 is 0. The lowest BCUT2D eigenvalue weighted by Gasteiger charge is -2.37. The van der Waals surface area contributed by atoms with Gasteiger partial charge < -0.3 is 9.80 Å². The fourth-order valence-corrected chi connectivity index (χ4v) is 9.39. The number of hydrogen-bond donors (Lipinski definition) is 0. The molecule has 0 saturated carbocycles. The number of aryl methyl sites for hydroxylation is 2. The van der Waals surface area contributed by atoms with Crippen molar-refractivity contribution in [2.45, 2.75) is 31.1 Å². The Hall–Kier alpha value is -6.64. The summed E-state index contributed by atoms with van der Waals surface area (Å²) in [5.41, 5.74) is 17.8. The van der Waals surface area contributed by atoms with Crippen molar-refractivity contribution in [3.8, 4) is 22.3 Å². The summed E-state index contributed by atoms with van der Waals surface area (Å²) in [4.78, 5) is 5.00. The van der Waals surface area contributed by atoms with Gasteiger partial charge in [0.1, 0.15) is 0 Å². The second kappa shape index (κ2) is 14.0. The summed E-state index contributed by atoms with van der Waals surface area (Å²) in [6.45, 7) is 0. The third kappa shape index (κ3) is 5.82. The fourth-order valence-electron chi connectivity index (χ4n) is 9.39. The molecule has 0 fully saturated rings. The molecule has 2 nitrogen and oxygen atoms in total. The van der Waals surface area contributed by atoms with Crippen LogP contribution in [0.15, 0.2) is 206 Å². The molecule has 0 bridgehead atoms. The number of para-hydroxylation sites is 2. The molecule has 0 N–H and O–H groups in total. The first-order chi connectivity index (χ1) is 27.3. The minimum atomic E-state index is -0.133. The number of anilines is 6. The molecule has 2 heteroatoms. The van der Waals surface area contributed by atoms with Gasteiger partial charge >= 0.3 is 0 Å². The molecule has 2 aliphatic carbocycles. The Labute approximate surface area is 324 Å². The van der Waals surface area contributed by atoms with Crippen LogP contribution in [0.2, 0.25) is 0 Å². The number of rotatable bonds is 8. The zero-order chi connectivity index (χ0) is 36.6. The van der Waals surface area contributed by atoms with E-state index in [2.05, 4.69) is 216 Å². The smallest absolute Gasteiger partial charge is 0.0505 e. The van der Waals surface area contributed by atoms with Crippen LogP contribution in [0.25, 0.3) is 22.3 Å². The molecule has 8 aromatic rings. The van der Waals surface area contributed by atoms with Crippen molar-refractivity contribution in [1.82, 2.24) is 0 Å². The summed E-state index contributed by atoms with van der Waals surface area (Å²) in [6.07, 6.45) is 4.30. The molecule has 0 aliphatic heterocycles. The van der Waals surface area contributed by atoms with Gasteiger partial charge in [0.05, 0.1) is 11.4 Å². The molecule has 0 atom stereocenters. The van der Waals surface area contributed by atoms with Gasteiger partial charge in [0.2, 0.25) is 0 Å². The Balaban J connectivity index is 1.14. The molecule has 0 heterocycles. The highest BCUT2D eigenvalue weighted by molar-refractivity contribution is 5.86. The fraction of sp³-hybridized carbons (Fsp3) is 0.0943. The first-order valence-electron chi connectivity index (χ1n) is 19.5. The molecule has 0 amide bonds. The summed E-state index contributed by atoms with van der Waals surface area (Å²) in [5.74, 6) is 0. The van der Waals surface area contributed by atoms with E-state index in [0.717, 1.165) is 37.1 Å². The molecule has 0 radical (unpaired) electrons. The van der Waals surface area contributed by atoms with E-state index >= 15 is 0 Å². The van der Waals surface area contributed by atoms with Crippen LogP contribution < -0.4 is 9.80 Å². The standard InChI is InChI=1S/C53H42N2/c1-5-15-39(16-6-1)41-27-31-47(32-28-41)54(45-21-9-3-10-22-45)49-25-13-19-43-35-37-53(51(43)49)38-36-44-20-14-26-50(52(44)53)55(46-23-11-4-12-24-46)48-33-29-42(30-34-48)40-17-7-2-8-18-40/h1-34H,35-38H2. The molecule has 10 rings (SSSR count). The highest BCUT2D eigenvalue weighted by Crippen LogP contribution is 2.59. The van der Waals surface area contributed by atoms with Crippen molar-refractivity contribution in [1.29, 1.82) is 0 Å². The SMILES string of the molecule is c1ccc(-c2ccc(N(c3ccccc3)c3cccc4c3C3(CC4)CCc4cccc(N(c5ccccc5)c5ccc(-c6ccccc6)cc5)c43)cc2)cc1. The highest BCUT2D eigenvalue weighted by Gasteiger charge is 2.49. The van der Waals surface area contributed by atoms with Crippen molar-refractivity contribution in [2.75, 3.05) is 9.80 Å². The summed E-state index contributed by atoms with van der Waals surface area (Å²) in [5, 5.41) is 0. The van der Waals surface area contributed by atoms with Crippen LogP contribution in [0.5, 0.6) is 0 Å². The zero-order valence-electron chi connectivity index (χ0n) is 30.9. The first-order valence-corrected chi connectivity index (χ1v) is 19.5. The minimum absolute atomic E-state index is 0.133. The average molecular weight is 707 g/mol. The van der Waals surface area contributed by atoms with Crippen LogP contribution >= 0.6 is 0 Å². The molecule has 2 aliphatic rings. The summed E-state index contributed by atoms with van der Waals surface area (Å²) in [7, 11) is 0. The van der Waals surface area contributed by atoms with Crippen molar-refractivity contribution < 1.29 is 0 Å². The van der Waals surface area contributed by atoms with E-state index < -0.39 is 0 Å². The Morgan fingerprint density at radius 2 is 0.618 bits per heavy atom. The topological polar surface area (TPSA) is 6.48 Å². The van der Waals surface area contributed by atoms with E-state index in [0.29, 0.717) is 0 Å². The van der Waals surface area contributed by atoms with Gasteiger partial charge in [0.15, 0.2) is 0 Å². The third-order valence-electron chi connectivity index (χ3n) is 11.8. The van der Waals surface area contributed by atoms with Crippen LogP contribution in [0.1, 0.15) is 35.1 Å². The summed E-state index contributed by atoms with van der Waals surface area (Å²) in [6, 6.07) is 75.4. The lowest BCUT2D eigenvalue weighted by Crippen LogP contribution is -2.27. The van der Waals surface area contributed by atoms with Gasteiger partial charge in [-0.2, -0.15) is 0 Å². The molecule has 0 aromatic heterocycles. The van der Waals surface area contributed by atoms with Gasteiger partial charge in [0, 0.05) is 28.2 Å². The Kier molecular flexibility index (Phi) is 8.37. The van der Waals surface area contributed by atoms with Crippen LogP contribution in [-0.4, -0.2) is 0 Å². The average Bonchev–Trinajstić information content (AvgIpc) is 3.84. The van der Waals surface area contributed by atoms with E-state index in [-0.39, 0.29) is 5.41 Å². The predicted octanol–water partition coefficient (Wildman–Crippen LogP) is 14.1. The molecule has 0 saturated heterocycles. The van der Waals surface area contributed by atoms with E-state index in [1.54, 1.807) is 0 Å². The lowest BCUT2D eigenvalue weighted by atomic mass is 9.74. The molecule has 0 unspecified atom stereocenters. The number of hydrogen-bond acceptors (Lipinski definition) is 2. The largest absolute Gasteiger partial charge is 0.310 e. The maximum Gasteiger partial charge on any atom is 0.0505 e. The zero-order valence-corrected chi connectivity index (χ0v) is 30.9. The predicted molar refractivity (Wildman–Crippen MR) is 231 cm³/mol. The van der Waals surface area contributed by atoms with Crippen LogP contribution in [0.3, 0.4) is 0 Å². The van der Waals surface area contributed by atoms with Crippen LogP contribution in [0.4, 0.5) is 34.1 Å². The molecule has 55 heavy (non-hydrogen) atoms. The Bertz CT molecular complexity index is 2380. The molecular weight excluding hydrogens is 665 g/mol. The number of benzene rings is 8. The maximum atomic E-state index is 2.50. The molecule has 8 aromatic carbocycles. The van der Waals surface area contributed by atoms with Gasteiger partial charge in [-0.05, 0) is 131 Å². The first kappa shape index (κ1) is 33.0. The summed E-state index contributed by atoms with van der Waals surface area (Å²) >= 11 is 0. The van der Waals surface area contributed by atoms with Gasteiger partial charge in [0.25, 0.3) is 0 Å². The van der Waals surface area contributed by atoms with Crippen LogP contribution in [-0.2, 0) is 18.3 Å². The van der Waals surface area contributed by atoms with Crippen LogP contribution in [0, 0.1) is 0 Å². The van der Waals surface area contributed by atoms with Crippen molar-refractivity contribution in [2.24, 2.45) is 0 Å². The van der Waals surface area contributed by atoms with Gasteiger partial charge in [-0.3, -0.25) is 0 Å². The van der Waals surface area contributed by atoms with E-state index in [4.69, 9.17) is 0 Å². The molecule has 264 valence electrons. The number of nitrogens with zero attached hydrogens (tertiary/aromatic N) is 2. The second-order valence-corrected chi connectivity index (χ2v) is 14.9. The second-order valence-electron chi connectivity index (χ2n) is 14.9. The minimum Gasteiger partial charge on any atom is -0.310 e. The molecule has 1 spiro atoms. The number of fused-ring (bicyclic) bond motifs is 4. The Morgan fingerprint density at radius 1 is 0.291 bits per heavy atom. The van der Waals surface area contributed by atoms with Gasteiger partial charge in [-0.25, -0.2) is 0 Å². The third-order valence-corrected chi connectivity index (χ3v) is 11.8. The van der Waals surface area contributed by atoms with Crippen molar-refractivity contribution in [3.05, 3.63) is 229 Å². The van der Waals surface area contributed by atoms with Gasteiger partial charge in [-0.15, -0.1) is 0 Å². The normalized spacial score (nSPS) is 13.7. The molecular formula is C53H42N2. The van der Waals surface area contributed by atoms with E-state index in [9.17, 15) is 0 Å². The quantitative estimate of drug-likeness (QED) is 0.155.